The molecule has 9 nitrogen and oxygen atoms in total. The van der Waals surface area contributed by atoms with E-state index in [4.69, 9.17) is 25.9 Å². The Kier molecular flexibility index (Phi) is 12.8. The Labute approximate surface area is 355 Å². The van der Waals surface area contributed by atoms with Crippen LogP contribution in [0.2, 0.25) is 10.1 Å². The molecule has 59 heavy (non-hydrogen) atoms. The average molecular weight is 858 g/mol. The Morgan fingerprint density at radius 1 is 1.02 bits per heavy atom. The highest BCUT2D eigenvalue weighted by Crippen LogP contribution is 2.47. The number of aryl methyl sites for hydroxylation is 1. The van der Waals surface area contributed by atoms with E-state index in [1.165, 1.54) is 11.1 Å². The van der Waals surface area contributed by atoms with Crippen molar-refractivity contribution in [1.29, 1.82) is 0 Å². The third-order valence-electron chi connectivity index (χ3n) is 12.9. The summed E-state index contributed by atoms with van der Waals surface area (Å²) in [4.78, 5) is 14.5. The number of ether oxygens (including phenoxy) is 1. The number of rotatable bonds is 14. The summed E-state index contributed by atoms with van der Waals surface area (Å²) in [6, 6.07) is 31.8. The molecule has 3 aliphatic rings. The molecular weight excluding hydrogens is 800 g/mol. The van der Waals surface area contributed by atoms with E-state index < -0.39 is 30.4 Å². The molecule has 1 spiro atoms. The zero-order valence-corrected chi connectivity index (χ0v) is 36.8. The molecule has 5 atom stereocenters. The lowest BCUT2D eigenvalue weighted by molar-refractivity contribution is 0.0453. The Hall–Kier alpha value is -3.97. The van der Waals surface area contributed by atoms with Crippen LogP contribution in [0.4, 0.5) is 5.69 Å². The second-order valence-corrected chi connectivity index (χ2v) is 24.3. The number of anilines is 1. The molecule has 1 heterocycles. The first-order chi connectivity index (χ1) is 28.1. The number of halogens is 1. The number of carboxylic acid groups (broad SMARTS) is 1. The Bertz CT molecular complexity index is 2210. The summed E-state index contributed by atoms with van der Waals surface area (Å²) < 4.78 is 38.3. The molecule has 314 valence electrons. The number of nitrogens with zero attached hydrogens (tertiary/aromatic N) is 1. The zero-order chi connectivity index (χ0) is 42.0. The lowest BCUT2D eigenvalue weighted by Crippen LogP contribution is -2.66. The van der Waals surface area contributed by atoms with Gasteiger partial charge in [-0.25, -0.2) is 18.4 Å². The van der Waals surface area contributed by atoms with Gasteiger partial charge in [-0.15, -0.1) is 0 Å². The van der Waals surface area contributed by atoms with E-state index in [1.54, 1.807) is 18.2 Å². The minimum absolute atomic E-state index is 0.0496. The molecule has 0 amide bonds. The molecule has 0 radical (unpaired) electrons. The highest BCUT2D eigenvalue weighted by Gasteiger charge is 2.50. The van der Waals surface area contributed by atoms with Crippen LogP contribution in [-0.2, 0) is 26.3 Å². The number of nitrogens with two attached hydrogens (primary N) is 1. The number of carbonyl (C=O) groups is 1. The number of aliphatic hydroxyl groups is 1. The maximum Gasteiger partial charge on any atom is 0.335 e. The monoisotopic (exact) mass is 856 g/mol. The standard InChI is InChI=1S/C47H57ClN2O7SSi/c1-46(2,3)59(38-12-6-4-7-13-38,39-14-8-5-9-15-39)57-30-33(24-26-58(49,54)55)16-22-43(51)40-20-17-36(40)29-50-31-47(25-10-11-34-27-37(48)19-21-41(34)47)32-56-44-23-18-35(45(52)53)28-42(44)50/h4-9,12-16,18-19,21-23,27-28,33,36,40,43,51H,10-11,17,20,24-26,29-32H2,1-3H3,(H,52,53)(H2,49,54,55)/b22-16+/t33?,36-,40+,43?,47-/m0/s1. The first kappa shape index (κ1) is 43.1. The van der Waals surface area contributed by atoms with Gasteiger partial charge in [0.25, 0.3) is 8.32 Å². The fourth-order valence-electron chi connectivity index (χ4n) is 9.76. The number of benzene rings is 4. The van der Waals surface area contributed by atoms with E-state index in [1.807, 2.05) is 54.6 Å². The molecule has 1 fully saturated rings. The maximum absolute atomic E-state index is 12.3. The molecule has 0 saturated heterocycles. The summed E-state index contributed by atoms with van der Waals surface area (Å²) in [7, 11) is -6.67. The normalized spacial score (nSPS) is 21.8. The van der Waals surface area contributed by atoms with Crippen LogP contribution in [0.1, 0.15) is 74.4 Å². The van der Waals surface area contributed by atoms with Gasteiger partial charge in [-0.3, -0.25) is 0 Å². The minimum Gasteiger partial charge on any atom is -0.490 e. The summed E-state index contributed by atoms with van der Waals surface area (Å²) in [5.74, 6) is -0.806. The number of hydrogen-bond acceptors (Lipinski definition) is 7. The van der Waals surface area contributed by atoms with Crippen LogP contribution in [0, 0.1) is 17.8 Å². The van der Waals surface area contributed by atoms with Crippen molar-refractivity contribution in [2.75, 3.05) is 37.0 Å². The van der Waals surface area contributed by atoms with Crippen molar-refractivity contribution in [3.63, 3.8) is 0 Å². The van der Waals surface area contributed by atoms with Crippen molar-refractivity contribution >= 4 is 52.0 Å². The molecular formula is C47H57ClN2O7SSi. The topological polar surface area (TPSA) is 139 Å². The molecule has 4 aromatic carbocycles. The number of hydrogen-bond donors (Lipinski definition) is 3. The van der Waals surface area contributed by atoms with Gasteiger partial charge in [-0.2, -0.15) is 0 Å². The number of aromatic carboxylic acids is 1. The van der Waals surface area contributed by atoms with E-state index in [9.17, 15) is 23.4 Å². The predicted molar refractivity (Wildman–Crippen MR) is 238 cm³/mol. The van der Waals surface area contributed by atoms with Crippen molar-refractivity contribution in [3.8, 4) is 5.75 Å². The van der Waals surface area contributed by atoms with Crippen molar-refractivity contribution in [2.24, 2.45) is 22.9 Å². The summed E-state index contributed by atoms with van der Waals surface area (Å²) in [5, 5.41) is 30.0. The molecule has 12 heteroatoms. The third kappa shape index (κ3) is 9.36. The van der Waals surface area contributed by atoms with Crippen LogP contribution in [0.25, 0.3) is 0 Å². The molecule has 7 rings (SSSR count). The van der Waals surface area contributed by atoms with Crippen LogP contribution in [0.5, 0.6) is 5.75 Å². The fraction of sp³-hybridized carbons (Fsp3) is 0.426. The second-order valence-electron chi connectivity index (χ2n) is 17.9. The van der Waals surface area contributed by atoms with Gasteiger partial charge in [0.1, 0.15) is 5.75 Å². The van der Waals surface area contributed by atoms with Crippen LogP contribution in [-0.4, -0.2) is 71.1 Å². The largest absolute Gasteiger partial charge is 0.490 e. The molecule has 0 aromatic heterocycles. The molecule has 0 bridgehead atoms. The molecule has 2 aliphatic carbocycles. The van der Waals surface area contributed by atoms with Gasteiger partial charge in [0.05, 0.1) is 29.7 Å². The van der Waals surface area contributed by atoms with Crippen LogP contribution in [0.3, 0.4) is 0 Å². The fourth-order valence-corrected chi connectivity index (χ4v) is 15.2. The van der Waals surface area contributed by atoms with Gasteiger partial charge >= 0.3 is 5.97 Å². The van der Waals surface area contributed by atoms with Crippen molar-refractivity contribution < 1.29 is 32.6 Å². The molecule has 4 aromatic rings. The van der Waals surface area contributed by atoms with E-state index in [0.29, 0.717) is 30.5 Å². The van der Waals surface area contributed by atoms with Crippen molar-refractivity contribution in [1.82, 2.24) is 0 Å². The number of sulfonamides is 1. The molecule has 4 N–H and O–H groups in total. The maximum atomic E-state index is 12.3. The molecule has 1 saturated carbocycles. The Morgan fingerprint density at radius 3 is 2.32 bits per heavy atom. The number of carboxylic acids is 1. The second kappa shape index (κ2) is 17.6. The van der Waals surface area contributed by atoms with E-state index in [-0.39, 0.29) is 52.6 Å². The number of fused-ring (bicyclic) bond motifs is 3. The van der Waals surface area contributed by atoms with E-state index in [2.05, 4.69) is 62.1 Å². The van der Waals surface area contributed by atoms with Gasteiger partial charge in [0.15, 0.2) is 0 Å². The van der Waals surface area contributed by atoms with Gasteiger partial charge in [-0.1, -0.05) is 111 Å². The van der Waals surface area contributed by atoms with Crippen molar-refractivity contribution in [2.45, 2.75) is 75.9 Å². The lowest BCUT2D eigenvalue weighted by Gasteiger charge is -2.45. The van der Waals surface area contributed by atoms with Gasteiger partial charge < -0.3 is 24.3 Å². The first-order valence-electron chi connectivity index (χ1n) is 20.7. The quantitative estimate of drug-likeness (QED) is 0.0886. The minimum atomic E-state index is -3.75. The highest BCUT2D eigenvalue weighted by molar-refractivity contribution is 7.89. The smallest absolute Gasteiger partial charge is 0.335 e. The molecule has 2 unspecified atom stereocenters. The summed E-state index contributed by atoms with van der Waals surface area (Å²) >= 11 is 6.45. The number of primary sulfonamides is 1. The van der Waals surface area contributed by atoms with Gasteiger partial charge in [0.2, 0.25) is 10.0 Å². The zero-order valence-electron chi connectivity index (χ0n) is 34.2. The third-order valence-corrected chi connectivity index (χ3v) is 19.0. The lowest BCUT2D eigenvalue weighted by atomic mass is 9.68. The first-order valence-corrected chi connectivity index (χ1v) is 24.7. The molecule has 1 aliphatic heterocycles. The van der Waals surface area contributed by atoms with Crippen molar-refractivity contribution in [3.05, 3.63) is 131 Å². The highest BCUT2D eigenvalue weighted by atomic mass is 35.5. The average Bonchev–Trinajstić information content (AvgIpc) is 3.33. The summed E-state index contributed by atoms with van der Waals surface area (Å²) in [5.41, 5.74) is 3.08. The van der Waals surface area contributed by atoms with E-state index >= 15 is 0 Å². The van der Waals surface area contributed by atoms with Crippen LogP contribution < -0.4 is 25.1 Å². The summed E-state index contributed by atoms with van der Waals surface area (Å²) in [6.07, 6.45) is 7.81. The van der Waals surface area contributed by atoms with Crippen LogP contribution >= 0.6 is 11.6 Å². The number of aliphatic hydroxyl groups excluding tert-OH is 1. The SMILES string of the molecule is CC(C)(C)[Si](OCC(/C=C/C(O)[C@@H]1CC[C@H]1CN1C[C@@]2(CCCc3cc(Cl)ccc32)COc2ccc(C(=O)O)cc21)CCS(N)(=O)=O)(c1ccccc1)c1ccccc1. The van der Waals surface area contributed by atoms with Gasteiger partial charge in [-0.05, 0) is 107 Å². The summed E-state index contributed by atoms with van der Waals surface area (Å²) in [6.45, 7) is 8.59. The predicted octanol–water partition coefficient (Wildman–Crippen LogP) is 7.33. The van der Waals surface area contributed by atoms with Gasteiger partial charge in [0, 0.05) is 36.1 Å². The Morgan fingerprint density at radius 2 is 1.71 bits per heavy atom. The Balaban J connectivity index is 1.14. The van der Waals surface area contributed by atoms with Crippen LogP contribution in [0.15, 0.2) is 109 Å². The van der Waals surface area contributed by atoms with E-state index in [0.717, 1.165) is 48.2 Å².